The van der Waals surface area contributed by atoms with Crippen LogP contribution in [-0.4, -0.2) is 19.9 Å². The van der Waals surface area contributed by atoms with E-state index < -0.39 is 0 Å². The molecule has 0 radical (unpaired) electrons. The van der Waals surface area contributed by atoms with Crippen LogP contribution in [0.15, 0.2) is 47.5 Å². The van der Waals surface area contributed by atoms with Crippen molar-refractivity contribution in [2.24, 2.45) is 0 Å². The monoisotopic (exact) mass is 417 g/mol. The minimum Gasteiger partial charge on any atom is -0.345 e. The van der Waals surface area contributed by atoms with Gasteiger partial charge >= 0.3 is 0 Å². The Bertz CT molecular complexity index is 1340. The molecule has 0 N–H and O–H groups in total. The van der Waals surface area contributed by atoms with E-state index in [-0.39, 0.29) is 17.9 Å². The molecule has 1 fully saturated rings. The molecule has 0 bridgehead atoms. The first kappa shape index (κ1) is 19.0. The van der Waals surface area contributed by atoms with Crippen LogP contribution < -0.4 is 5.56 Å². The van der Waals surface area contributed by atoms with Crippen LogP contribution >= 0.6 is 11.3 Å². The van der Waals surface area contributed by atoms with Gasteiger partial charge < -0.3 is 4.57 Å². The molecule has 0 aliphatic heterocycles. The Labute approximate surface area is 178 Å². The molecule has 3 heterocycles. The van der Waals surface area contributed by atoms with E-state index in [0.29, 0.717) is 21.8 Å². The Morgan fingerprint density at radius 3 is 2.60 bits per heavy atom. The van der Waals surface area contributed by atoms with Crippen molar-refractivity contribution in [2.75, 3.05) is 0 Å². The lowest BCUT2D eigenvalue weighted by molar-refractivity contribution is 0.0970. The van der Waals surface area contributed by atoms with E-state index in [9.17, 15) is 9.59 Å². The number of nitrogens with zero attached hydrogens (tertiary/aromatic N) is 3. The van der Waals surface area contributed by atoms with E-state index in [1.807, 2.05) is 57.2 Å². The second kappa shape index (κ2) is 7.06. The molecule has 0 unspecified atom stereocenters. The van der Waals surface area contributed by atoms with Crippen molar-refractivity contribution in [3.05, 3.63) is 74.9 Å². The van der Waals surface area contributed by atoms with Crippen LogP contribution in [0.2, 0.25) is 0 Å². The molecule has 3 aromatic heterocycles. The highest BCUT2D eigenvalue weighted by molar-refractivity contribution is 7.19. The van der Waals surface area contributed by atoms with Gasteiger partial charge in [-0.1, -0.05) is 30.3 Å². The minimum atomic E-state index is -0.160. The van der Waals surface area contributed by atoms with Gasteiger partial charge in [-0.15, -0.1) is 11.3 Å². The Kier molecular flexibility index (Phi) is 4.47. The Morgan fingerprint density at radius 1 is 1.17 bits per heavy atom. The van der Waals surface area contributed by atoms with Crippen LogP contribution in [-0.2, 0) is 6.54 Å². The Balaban J connectivity index is 1.56. The van der Waals surface area contributed by atoms with Crippen molar-refractivity contribution >= 4 is 27.3 Å². The molecule has 1 saturated carbocycles. The summed E-state index contributed by atoms with van der Waals surface area (Å²) in [6, 6.07) is 12.4. The molecule has 5 nitrogen and oxygen atoms in total. The molecule has 0 saturated heterocycles. The van der Waals surface area contributed by atoms with Crippen molar-refractivity contribution < 1.29 is 4.79 Å². The topological polar surface area (TPSA) is 56.9 Å². The van der Waals surface area contributed by atoms with Crippen LogP contribution in [0.5, 0.6) is 0 Å². The fraction of sp³-hybridized carbons (Fsp3) is 0.292. The normalized spacial score (nSPS) is 13.8. The molecule has 6 heteroatoms. The van der Waals surface area contributed by atoms with Gasteiger partial charge in [-0.2, -0.15) is 0 Å². The van der Waals surface area contributed by atoms with Crippen LogP contribution in [0.1, 0.15) is 45.5 Å². The fourth-order valence-corrected chi connectivity index (χ4v) is 5.40. The molecule has 1 aliphatic carbocycles. The number of fused-ring (bicyclic) bond motifs is 1. The lowest BCUT2D eigenvalue weighted by atomic mass is 10.0. The Morgan fingerprint density at radius 2 is 1.90 bits per heavy atom. The van der Waals surface area contributed by atoms with Crippen LogP contribution in [0.4, 0.5) is 0 Å². The quantitative estimate of drug-likeness (QED) is 0.426. The molecule has 152 valence electrons. The summed E-state index contributed by atoms with van der Waals surface area (Å²) in [6.45, 7) is 6.05. The van der Waals surface area contributed by atoms with Gasteiger partial charge in [0.15, 0.2) is 5.78 Å². The lowest BCUT2D eigenvalue weighted by Crippen LogP contribution is -2.24. The van der Waals surface area contributed by atoms with E-state index in [2.05, 4.69) is 9.55 Å². The van der Waals surface area contributed by atoms with Gasteiger partial charge in [0.2, 0.25) is 0 Å². The fourth-order valence-electron chi connectivity index (χ4n) is 4.40. The third-order valence-electron chi connectivity index (χ3n) is 5.93. The van der Waals surface area contributed by atoms with Gasteiger partial charge in [0.1, 0.15) is 4.83 Å². The molecule has 1 aliphatic rings. The van der Waals surface area contributed by atoms with Gasteiger partial charge in [0, 0.05) is 33.4 Å². The lowest BCUT2D eigenvalue weighted by Gasteiger charge is -2.08. The van der Waals surface area contributed by atoms with E-state index in [1.54, 1.807) is 0 Å². The summed E-state index contributed by atoms with van der Waals surface area (Å²) in [6.07, 6.45) is 3.85. The molecule has 0 atom stereocenters. The highest BCUT2D eigenvalue weighted by atomic mass is 32.1. The average molecular weight is 418 g/mol. The number of benzene rings is 1. The number of thiophene rings is 1. The maximum absolute atomic E-state index is 13.4. The Hall–Kier alpha value is -2.99. The first-order valence-corrected chi connectivity index (χ1v) is 11.0. The molecule has 5 rings (SSSR count). The van der Waals surface area contributed by atoms with Crippen molar-refractivity contribution in [1.29, 1.82) is 0 Å². The molecule has 30 heavy (non-hydrogen) atoms. The number of aryl methyl sites for hydroxylation is 2. The summed E-state index contributed by atoms with van der Waals surface area (Å²) in [5, 5.41) is 0.599. The van der Waals surface area contributed by atoms with Gasteiger partial charge in [-0.25, -0.2) is 4.98 Å². The predicted octanol–water partition coefficient (Wildman–Crippen LogP) is 5.07. The van der Waals surface area contributed by atoms with Gasteiger partial charge in [0.05, 0.1) is 18.3 Å². The van der Waals surface area contributed by atoms with E-state index in [1.165, 1.54) is 35.1 Å². The zero-order valence-corrected chi connectivity index (χ0v) is 18.1. The van der Waals surface area contributed by atoms with Gasteiger partial charge in [-0.3, -0.25) is 14.2 Å². The highest BCUT2D eigenvalue weighted by Crippen LogP contribution is 2.38. The first-order chi connectivity index (χ1) is 14.5. The number of Topliss-reactive ketones (excluding diaryl/α,β-unsaturated/α-hetero) is 1. The smallest absolute Gasteiger partial charge is 0.263 e. The number of rotatable bonds is 5. The summed E-state index contributed by atoms with van der Waals surface area (Å²) in [7, 11) is 0. The van der Waals surface area contributed by atoms with E-state index in [4.69, 9.17) is 0 Å². The number of carbonyl (C=O) groups is 1. The summed E-state index contributed by atoms with van der Waals surface area (Å²) >= 11 is 1.52. The summed E-state index contributed by atoms with van der Waals surface area (Å²) in [5.41, 5.74) is 4.57. The number of carbonyl (C=O) groups excluding carboxylic acids is 1. The van der Waals surface area contributed by atoms with Crippen LogP contribution in [0.3, 0.4) is 0 Å². The van der Waals surface area contributed by atoms with Crippen molar-refractivity contribution in [2.45, 2.75) is 46.2 Å². The standard InChI is InChI=1S/C24H23N3O2S/c1-14-11-19(15(2)27(14)18-9-10-18)20(28)12-26-13-25-23-22(24(26)29)21(16(3)30-23)17-7-5-4-6-8-17/h4-8,11,13,18H,9-10,12H2,1-3H3. The second-order valence-corrected chi connectivity index (χ2v) is 9.27. The number of aromatic nitrogens is 3. The largest absolute Gasteiger partial charge is 0.345 e. The van der Waals surface area contributed by atoms with Crippen molar-refractivity contribution in [3.63, 3.8) is 0 Å². The SMILES string of the molecule is Cc1sc2ncn(CC(=O)c3cc(C)n(C4CC4)c3C)c(=O)c2c1-c1ccccc1. The number of ketones is 1. The van der Waals surface area contributed by atoms with Crippen LogP contribution in [0.25, 0.3) is 21.3 Å². The summed E-state index contributed by atoms with van der Waals surface area (Å²) in [4.78, 5) is 32.7. The highest BCUT2D eigenvalue weighted by Gasteiger charge is 2.28. The predicted molar refractivity (Wildman–Crippen MR) is 121 cm³/mol. The molecule has 4 aromatic rings. The zero-order chi connectivity index (χ0) is 21.0. The number of hydrogen-bond donors (Lipinski definition) is 0. The van der Waals surface area contributed by atoms with Gasteiger partial charge in [0.25, 0.3) is 5.56 Å². The summed E-state index contributed by atoms with van der Waals surface area (Å²) in [5.74, 6) is -0.0496. The maximum atomic E-state index is 13.4. The molecular weight excluding hydrogens is 394 g/mol. The van der Waals surface area contributed by atoms with Crippen molar-refractivity contribution in [3.8, 4) is 11.1 Å². The third kappa shape index (κ3) is 3.03. The average Bonchev–Trinajstić information content (AvgIpc) is 3.43. The molecule has 1 aromatic carbocycles. The van der Waals surface area contributed by atoms with Gasteiger partial charge in [-0.05, 0) is 45.2 Å². The van der Waals surface area contributed by atoms with E-state index in [0.717, 1.165) is 27.4 Å². The molecule has 0 amide bonds. The molecule has 0 spiro atoms. The minimum absolute atomic E-state index is 0.000142. The third-order valence-corrected chi connectivity index (χ3v) is 6.94. The van der Waals surface area contributed by atoms with Crippen LogP contribution in [0, 0.1) is 20.8 Å². The zero-order valence-electron chi connectivity index (χ0n) is 17.3. The second-order valence-electron chi connectivity index (χ2n) is 8.07. The first-order valence-electron chi connectivity index (χ1n) is 10.2. The van der Waals surface area contributed by atoms with E-state index >= 15 is 0 Å². The number of hydrogen-bond acceptors (Lipinski definition) is 4. The maximum Gasteiger partial charge on any atom is 0.263 e. The molecular formula is C24H23N3O2S. The summed E-state index contributed by atoms with van der Waals surface area (Å²) < 4.78 is 3.71. The van der Waals surface area contributed by atoms with Crippen molar-refractivity contribution in [1.82, 2.24) is 14.1 Å².